The van der Waals surface area contributed by atoms with Crippen molar-refractivity contribution in [1.82, 2.24) is 9.97 Å². The standard InChI is InChI=1S/C16H12N2O2S/c19-15(20)9-11-1-3-12(4-2-11)14-10-21-16(18-14)13-5-7-17-8-6-13/h1-8,10H,9H2,(H,19,20). The number of pyridine rings is 1. The van der Waals surface area contributed by atoms with E-state index in [1.54, 1.807) is 23.7 Å². The van der Waals surface area contributed by atoms with Gasteiger partial charge < -0.3 is 5.11 Å². The summed E-state index contributed by atoms with van der Waals surface area (Å²) in [7, 11) is 0. The van der Waals surface area contributed by atoms with Crippen LogP contribution < -0.4 is 0 Å². The van der Waals surface area contributed by atoms with Crippen LogP contribution in [-0.4, -0.2) is 21.0 Å². The largest absolute Gasteiger partial charge is 0.481 e. The van der Waals surface area contributed by atoms with Crippen LogP contribution in [0.5, 0.6) is 0 Å². The van der Waals surface area contributed by atoms with Gasteiger partial charge in [-0.2, -0.15) is 0 Å². The van der Waals surface area contributed by atoms with Crippen molar-refractivity contribution in [3.8, 4) is 21.8 Å². The molecule has 0 atom stereocenters. The van der Waals surface area contributed by atoms with Gasteiger partial charge in [-0.1, -0.05) is 24.3 Å². The van der Waals surface area contributed by atoms with Crippen LogP contribution in [0.25, 0.3) is 21.8 Å². The van der Waals surface area contributed by atoms with Gasteiger partial charge in [-0.15, -0.1) is 11.3 Å². The molecule has 21 heavy (non-hydrogen) atoms. The monoisotopic (exact) mass is 296 g/mol. The van der Waals surface area contributed by atoms with Crippen molar-refractivity contribution in [2.45, 2.75) is 6.42 Å². The summed E-state index contributed by atoms with van der Waals surface area (Å²) in [5.74, 6) is -0.823. The number of hydrogen-bond acceptors (Lipinski definition) is 4. The lowest BCUT2D eigenvalue weighted by Crippen LogP contribution is -1.99. The zero-order valence-corrected chi connectivity index (χ0v) is 11.9. The Morgan fingerprint density at radius 1 is 1.05 bits per heavy atom. The molecule has 0 aliphatic carbocycles. The van der Waals surface area contributed by atoms with E-state index in [4.69, 9.17) is 5.11 Å². The Bertz CT molecular complexity index is 751. The number of carboxylic acids is 1. The number of nitrogens with zero attached hydrogens (tertiary/aromatic N) is 2. The first-order valence-electron chi connectivity index (χ1n) is 6.39. The van der Waals surface area contributed by atoms with Gasteiger partial charge in [-0.25, -0.2) is 4.98 Å². The van der Waals surface area contributed by atoms with Crippen LogP contribution in [0.15, 0.2) is 54.2 Å². The van der Waals surface area contributed by atoms with Crippen molar-refractivity contribution in [3.05, 3.63) is 59.7 Å². The van der Waals surface area contributed by atoms with Gasteiger partial charge in [0, 0.05) is 28.9 Å². The first kappa shape index (κ1) is 13.5. The second kappa shape index (κ2) is 5.85. The van der Waals surface area contributed by atoms with Crippen molar-refractivity contribution in [3.63, 3.8) is 0 Å². The van der Waals surface area contributed by atoms with Crippen molar-refractivity contribution in [2.24, 2.45) is 0 Å². The van der Waals surface area contributed by atoms with Gasteiger partial charge in [0.25, 0.3) is 0 Å². The van der Waals surface area contributed by atoms with Crippen molar-refractivity contribution >= 4 is 17.3 Å². The minimum Gasteiger partial charge on any atom is -0.481 e. The summed E-state index contributed by atoms with van der Waals surface area (Å²) < 4.78 is 0. The molecule has 104 valence electrons. The number of aromatic nitrogens is 2. The molecule has 0 unspecified atom stereocenters. The lowest BCUT2D eigenvalue weighted by atomic mass is 10.1. The lowest BCUT2D eigenvalue weighted by molar-refractivity contribution is -0.136. The van der Waals surface area contributed by atoms with E-state index >= 15 is 0 Å². The molecular weight excluding hydrogens is 284 g/mol. The second-order valence-corrected chi connectivity index (χ2v) is 5.40. The topological polar surface area (TPSA) is 63.1 Å². The Labute approximate surface area is 125 Å². The fraction of sp³-hybridized carbons (Fsp3) is 0.0625. The molecule has 2 aromatic heterocycles. The number of hydrogen-bond donors (Lipinski definition) is 1. The molecule has 0 bridgehead atoms. The van der Waals surface area contributed by atoms with Crippen molar-refractivity contribution < 1.29 is 9.90 Å². The molecule has 0 fully saturated rings. The maximum atomic E-state index is 10.7. The van der Waals surface area contributed by atoms with Crippen molar-refractivity contribution in [1.29, 1.82) is 0 Å². The smallest absolute Gasteiger partial charge is 0.307 e. The fourth-order valence-electron chi connectivity index (χ4n) is 2.00. The highest BCUT2D eigenvalue weighted by Crippen LogP contribution is 2.28. The third-order valence-electron chi connectivity index (χ3n) is 3.04. The van der Waals surface area contributed by atoms with E-state index in [9.17, 15) is 4.79 Å². The van der Waals surface area contributed by atoms with E-state index in [1.165, 1.54) is 0 Å². The zero-order chi connectivity index (χ0) is 14.7. The molecule has 0 aliphatic rings. The predicted octanol–water partition coefficient (Wildman–Crippen LogP) is 3.50. The summed E-state index contributed by atoms with van der Waals surface area (Å²) in [5, 5.41) is 11.7. The third-order valence-corrected chi connectivity index (χ3v) is 3.93. The number of rotatable bonds is 4. The van der Waals surface area contributed by atoms with Gasteiger partial charge in [0.1, 0.15) is 5.01 Å². The van der Waals surface area contributed by atoms with Crippen LogP contribution in [0, 0.1) is 0 Å². The van der Waals surface area contributed by atoms with Crippen molar-refractivity contribution in [2.75, 3.05) is 0 Å². The summed E-state index contributed by atoms with van der Waals surface area (Å²) in [6, 6.07) is 11.3. The third kappa shape index (κ3) is 3.14. The van der Waals surface area contributed by atoms with Gasteiger partial charge in [0.2, 0.25) is 0 Å². The molecule has 0 radical (unpaired) electrons. The highest BCUT2D eigenvalue weighted by Gasteiger charge is 2.07. The molecule has 0 saturated heterocycles. The first-order chi connectivity index (χ1) is 10.2. The highest BCUT2D eigenvalue weighted by molar-refractivity contribution is 7.13. The Morgan fingerprint density at radius 3 is 2.43 bits per heavy atom. The van der Waals surface area contributed by atoms with Gasteiger partial charge in [-0.05, 0) is 17.7 Å². The van der Waals surface area contributed by atoms with Crippen LogP contribution in [0.2, 0.25) is 0 Å². The molecule has 1 aromatic carbocycles. The minimum atomic E-state index is -0.823. The second-order valence-electron chi connectivity index (χ2n) is 4.54. The predicted molar refractivity (Wildman–Crippen MR) is 82.1 cm³/mol. The maximum Gasteiger partial charge on any atom is 0.307 e. The van der Waals surface area contributed by atoms with E-state index in [1.807, 2.05) is 41.8 Å². The average Bonchev–Trinajstić information content (AvgIpc) is 2.98. The highest BCUT2D eigenvalue weighted by atomic mass is 32.1. The normalized spacial score (nSPS) is 10.5. The number of benzene rings is 1. The van der Waals surface area contributed by atoms with Gasteiger partial charge in [0.15, 0.2) is 0 Å². The molecule has 3 rings (SSSR count). The lowest BCUT2D eigenvalue weighted by Gasteiger charge is -2.00. The fourth-order valence-corrected chi connectivity index (χ4v) is 2.84. The first-order valence-corrected chi connectivity index (χ1v) is 7.27. The average molecular weight is 296 g/mol. The summed E-state index contributed by atoms with van der Waals surface area (Å²) in [5.41, 5.74) is 3.72. The molecule has 2 heterocycles. The summed E-state index contributed by atoms with van der Waals surface area (Å²) >= 11 is 1.58. The molecule has 0 spiro atoms. The van der Waals surface area contributed by atoms with E-state index in [0.29, 0.717) is 0 Å². The Balaban J connectivity index is 1.85. The van der Waals surface area contributed by atoms with Gasteiger partial charge in [0.05, 0.1) is 12.1 Å². The molecule has 0 saturated carbocycles. The number of aliphatic carboxylic acids is 1. The Kier molecular flexibility index (Phi) is 3.75. The van der Waals surface area contributed by atoms with Crippen LogP contribution in [0.1, 0.15) is 5.56 Å². The number of carboxylic acid groups (broad SMARTS) is 1. The van der Waals surface area contributed by atoms with Crippen LogP contribution in [-0.2, 0) is 11.2 Å². The molecule has 4 nitrogen and oxygen atoms in total. The van der Waals surface area contributed by atoms with Crippen LogP contribution in [0.3, 0.4) is 0 Å². The number of thiazole rings is 1. The van der Waals surface area contributed by atoms with E-state index < -0.39 is 5.97 Å². The molecule has 3 aromatic rings. The van der Waals surface area contributed by atoms with Crippen LogP contribution >= 0.6 is 11.3 Å². The molecule has 0 amide bonds. The molecule has 0 aliphatic heterocycles. The number of carbonyl (C=O) groups is 1. The Morgan fingerprint density at radius 2 is 1.76 bits per heavy atom. The SMILES string of the molecule is O=C(O)Cc1ccc(-c2csc(-c3ccncc3)n2)cc1. The van der Waals surface area contributed by atoms with E-state index in [2.05, 4.69) is 9.97 Å². The summed E-state index contributed by atoms with van der Waals surface area (Å²) in [6.45, 7) is 0. The molecule has 1 N–H and O–H groups in total. The zero-order valence-electron chi connectivity index (χ0n) is 11.1. The van der Waals surface area contributed by atoms with E-state index in [0.717, 1.165) is 27.4 Å². The van der Waals surface area contributed by atoms with Gasteiger partial charge in [-0.3, -0.25) is 9.78 Å². The molecular formula is C16H12N2O2S. The quantitative estimate of drug-likeness (QED) is 0.800. The summed E-state index contributed by atoms with van der Waals surface area (Å²) in [4.78, 5) is 19.3. The van der Waals surface area contributed by atoms with E-state index in [-0.39, 0.29) is 6.42 Å². The van der Waals surface area contributed by atoms with Gasteiger partial charge >= 0.3 is 5.97 Å². The maximum absolute atomic E-state index is 10.7. The molecule has 5 heteroatoms. The summed E-state index contributed by atoms with van der Waals surface area (Å²) in [6.07, 6.45) is 3.54. The van der Waals surface area contributed by atoms with Crippen LogP contribution in [0.4, 0.5) is 0 Å². The minimum absolute atomic E-state index is 0.0413. The Hall–Kier alpha value is -2.53.